The Bertz CT molecular complexity index is 557. The molecule has 0 bridgehead atoms. The lowest BCUT2D eigenvalue weighted by molar-refractivity contribution is 0.262. The van der Waals surface area contributed by atoms with E-state index < -0.39 is 11.8 Å². The first-order valence-electron chi connectivity index (χ1n) is 5.33. The number of amides is 2. The summed E-state index contributed by atoms with van der Waals surface area (Å²) in [6, 6.07) is 12.3. The number of hydrogen-bond acceptors (Lipinski definition) is 2. The van der Waals surface area contributed by atoms with Gasteiger partial charge in [0.1, 0.15) is 5.82 Å². The molecular weight excluding hydrogens is 233 g/mol. The quantitative estimate of drug-likeness (QED) is 0.712. The molecule has 0 saturated carbocycles. The SMILES string of the molecule is Nc1cc(F)ccc1NC(=O)Nc1ccccc1. The molecular formula is C13H12FN3O. The minimum Gasteiger partial charge on any atom is -0.397 e. The number of para-hydroxylation sites is 1. The lowest BCUT2D eigenvalue weighted by atomic mass is 10.2. The highest BCUT2D eigenvalue weighted by Gasteiger charge is 2.05. The monoisotopic (exact) mass is 245 g/mol. The van der Waals surface area contributed by atoms with E-state index in [1.807, 2.05) is 18.2 Å². The van der Waals surface area contributed by atoms with Gasteiger partial charge in [-0.1, -0.05) is 18.2 Å². The van der Waals surface area contributed by atoms with E-state index >= 15 is 0 Å². The molecule has 0 unspecified atom stereocenters. The first kappa shape index (κ1) is 11.9. The predicted octanol–water partition coefficient (Wildman–Crippen LogP) is 3.05. The first-order chi connectivity index (χ1) is 8.65. The van der Waals surface area contributed by atoms with Gasteiger partial charge in [-0.2, -0.15) is 0 Å². The summed E-state index contributed by atoms with van der Waals surface area (Å²) in [6.07, 6.45) is 0. The van der Waals surface area contributed by atoms with Crippen molar-refractivity contribution in [2.45, 2.75) is 0 Å². The van der Waals surface area contributed by atoms with Crippen LogP contribution in [0, 0.1) is 5.82 Å². The van der Waals surface area contributed by atoms with Gasteiger partial charge in [-0.25, -0.2) is 9.18 Å². The minimum absolute atomic E-state index is 0.179. The smallest absolute Gasteiger partial charge is 0.323 e. The Morgan fingerprint density at radius 1 is 1.06 bits per heavy atom. The van der Waals surface area contributed by atoms with Crippen molar-refractivity contribution < 1.29 is 9.18 Å². The van der Waals surface area contributed by atoms with E-state index in [0.717, 1.165) is 6.07 Å². The van der Waals surface area contributed by atoms with Crippen LogP contribution in [-0.2, 0) is 0 Å². The third-order valence-electron chi connectivity index (χ3n) is 2.29. The fourth-order valence-electron chi connectivity index (χ4n) is 1.45. The molecule has 5 heteroatoms. The molecule has 2 aromatic carbocycles. The molecule has 0 atom stereocenters. The molecule has 92 valence electrons. The van der Waals surface area contributed by atoms with Gasteiger partial charge in [0.15, 0.2) is 0 Å². The Morgan fingerprint density at radius 3 is 2.44 bits per heavy atom. The van der Waals surface area contributed by atoms with Crippen molar-refractivity contribution in [3.63, 3.8) is 0 Å². The van der Waals surface area contributed by atoms with Gasteiger partial charge in [0, 0.05) is 5.69 Å². The van der Waals surface area contributed by atoms with Gasteiger partial charge in [-0.05, 0) is 30.3 Å². The van der Waals surface area contributed by atoms with E-state index in [1.54, 1.807) is 12.1 Å². The van der Waals surface area contributed by atoms with E-state index in [0.29, 0.717) is 11.4 Å². The molecule has 0 aliphatic carbocycles. The van der Waals surface area contributed by atoms with Crippen LogP contribution in [0.25, 0.3) is 0 Å². The summed E-state index contributed by atoms with van der Waals surface area (Å²) in [5.74, 6) is -0.443. The molecule has 2 amide bonds. The van der Waals surface area contributed by atoms with E-state index in [2.05, 4.69) is 10.6 Å². The Labute approximate surface area is 104 Å². The zero-order valence-electron chi connectivity index (χ0n) is 9.48. The third-order valence-corrected chi connectivity index (χ3v) is 2.29. The van der Waals surface area contributed by atoms with Gasteiger partial charge >= 0.3 is 6.03 Å². The van der Waals surface area contributed by atoms with Crippen LogP contribution < -0.4 is 16.4 Å². The molecule has 0 aliphatic heterocycles. The Kier molecular flexibility index (Phi) is 3.43. The van der Waals surface area contributed by atoms with Crippen molar-refractivity contribution in [3.8, 4) is 0 Å². The van der Waals surface area contributed by atoms with Gasteiger partial charge in [0.25, 0.3) is 0 Å². The fourth-order valence-corrected chi connectivity index (χ4v) is 1.45. The van der Waals surface area contributed by atoms with E-state index in [-0.39, 0.29) is 5.69 Å². The summed E-state index contributed by atoms with van der Waals surface area (Å²) in [6.45, 7) is 0. The van der Waals surface area contributed by atoms with Crippen LogP contribution >= 0.6 is 0 Å². The number of nitrogens with two attached hydrogens (primary N) is 1. The molecule has 0 heterocycles. The van der Waals surface area contributed by atoms with Crippen molar-refractivity contribution in [2.75, 3.05) is 16.4 Å². The Balaban J connectivity index is 2.03. The van der Waals surface area contributed by atoms with E-state index in [1.165, 1.54) is 12.1 Å². The largest absolute Gasteiger partial charge is 0.397 e. The second-order valence-electron chi connectivity index (χ2n) is 3.68. The molecule has 2 aromatic rings. The highest BCUT2D eigenvalue weighted by molar-refractivity contribution is 6.01. The van der Waals surface area contributed by atoms with Crippen molar-refractivity contribution in [2.24, 2.45) is 0 Å². The van der Waals surface area contributed by atoms with Crippen molar-refractivity contribution in [1.82, 2.24) is 0 Å². The molecule has 0 fully saturated rings. The first-order valence-corrected chi connectivity index (χ1v) is 5.33. The summed E-state index contributed by atoms with van der Waals surface area (Å²) in [7, 11) is 0. The van der Waals surface area contributed by atoms with Crippen molar-refractivity contribution >= 4 is 23.1 Å². The second kappa shape index (κ2) is 5.18. The lowest BCUT2D eigenvalue weighted by Crippen LogP contribution is -2.20. The van der Waals surface area contributed by atoms with Gasteiger partial charge in [0.05, 0.1) is 11.4 Å². The second-order valence-corrected chi connectivity index (χ2v) is 3.68. The maximum atomic E-state index is 12.8. The Morgan fingerprint density at radius 2 is 1.78 bits per heavy atom. The highest BCUT2D eigenvalue weighted by atomic mass is 19.1. The molecule has 0 aliphatic rings. The summed E-state index contributed by atoms with van der Waals surface area (Å²) < 4.78 is 12.8. The number of carbonyl (C=O) groups is 1. The van der Waals surface area contributed by atoms with Crippen LogP contribution in [-0.4, -0.2) is 6.03 Å². The predicted molar refractivity (Wildman–Crippen MR) is 69.9 cm³/mol. The summed E-state index contributed by atoms with van der Waals surface area (Å²) in [4.78, 5) is 11.6. The number of anilines is 3. The third kappa shape index (κ3) is 2.98. The van der Waals surface area contributed by atoms with Gasteiger partial charge in [-0.15, -0.1) is 0 Å². The van der Waals surface area contributed by atoms with E-state index in [9.17, 15) is 9.18 Å². The van der Waals surface area contributed by atoms with Crippen LogP contribution in [0.5, 0.6) is 0 Å². The highest BCUT2D eigenvalue weighted by Crippen LogP contribution is 2.19. The molecule has 0 saturated heterocycles. The summed E-state index contributed by atoms with van der Waals surface area (Å²) in [5, 5.41) is 5.18. The van der Waals surface area contributed by atoms with Crippen LogP contribution in [0.3, 0.4) is 0 Å². The molecule has 0 radical (unpaired) electrons. The van der Waals surface area contributed by atoms with Gasteiger partial charge in [0.2, 0.25) is 0 Å². The summed E-state index contributed by atoms with van der Waals surface area (Å²) in [5.41, 5.74) is 6.79. The molecule has 4 N–H and O–H groups in total. The number of nitrogen functional groups attached to an aromatic ring is 1. The van der Waals surface area contributed by atoms with Crippen LogP contribution in [0.2, 0.25) is 0 Å². The maximum absolute atomic E-state index is 12.8. The average molecular weight is 245 g/mol. The Hall–Kier alpha value is -2.56. The molecule has 2 rings (SSSR count). The zero-order valence-corrected chi connectivity index (χ0v) is 9.48. The van der Waals surface area contributed by atoms with Gasteiger partial charge in [-0.3, -0.25) is 0 Å². The maximum Gasteiger partial charge on any atom is 0.323 e. The molecule has 0 aromatic heterocycles. The summed E-state index contributed by atoms with van der Waals surface area (Å²) >= 11 is 0. The molecule has 4 nitrogen and oxygen atoms in total. The zero-order chi connectivity index (χ0) is 13.0. The minimum atomic E-state index is -0.443. The average Bonchev–Trinajstić information content (AvgIpc) is 2.34. The standard InChI is InChI=1S/C13H12FN3O/c14-9-6-7-12(11(15)8-9)17-13(18)16-10-4-2-1-3-5-10/h1-8H,15H2,(H2,16,17,18). The van der Waals surface area contributed by atoms with Crippen molar-refractivity contribution in [1.29, 1.82) is 0 Å². The number of urea groups is 1. The number of rotatable bonds is 2. The number of carbonyl (C=O) groups excluding carboxylic acids is 1. The normalized spacial score (nSPS) is 9.83. The topological polar surface area (TPSA) is 67.1 Å². The van der Waals surface area contributed by atoms with Crippen LogP contribution in [0.1, 0.15) is 0 Å². The fraction of sp³-hybridized carbons (Fsp3) is 0. The number of benzene rings is 2. The number of halogens is 1. The van der Waals surface area contributed by atoms with E-state index in [4.69, 9.17) is 5.73 Å². The molecule has 0 spiro atoms. The van der Waals surface area contributed by atoms with Gasteiger partial charge < -0.3 is 16.4 Å². The number of hydrogen-bond donors (Lipinski definition) is 3. The van der Waals surface area contributed by atoms with Crippen LogP contribution in [0.4, 0.5) is 26.2 Å². The number of nitrogens with one attached hydrogen (secondary N) is 2. The molecule has 18 heavy (non-hydrogen) atoms. The lowest BCUT2D eigenvalue weighted by Gasteiger charge is -2.09. The van der Waals surface area contributed by atoms with Crippen molar-refractivity contribution in [3.05, 3.63) is 54.3 Å². The van der Waals surface area contributed by atoms with Crippen LogP contribution in [0.15, 0.2) is 48.5 Å².